The van der Waals surface area contributed by atoms with Crippen molar-refractivity contribution in [1.29, 1.82) is 0 Å². The highest BCUT2D eigenvalue weighted by Gasteiger charge is 2.57. The summed E-state index contributed by atoms with van der Waals surface area (Å²) in [6.07, 6.45) is 4.25. The second-order valence-corrected chi connectivity index (χ2v) is 21.5. The van der Waals surface area contributed by atoms with Crippen LogP contribution in [-0.2, 0) is 40.1 Å². The second-order valence-electron chi connectivity index (χ2n) is 15.1. The van der Waals surface area contributed by atoms with Crippen molar-refractivity contribution in [3.8, 4) is 0 Å². The largest absolute Gasteiger partial charge is 0.359 e. The molecule has 2 N–H and O–H groups in total. The highest BCUT2D eigenvalue weighted by atomic mass is 35.5. The number of hydrogen-bond donors (Lipinski definition) is 2. The number of nitrogens with zero attached hydrogens (tertiary/aromatic N) is 2. The first-order valence-electron chi connectivity index (χ1n) is 16.7. The van der Waals surface area contributed by atoms with E-state index in [1.165, 1.54) is 59.9 Å². The first-order valence-corrected chi connectivity index (χ1v) is 21.2. The van der Waals surface area contributed by atoms with E-state index in [2.05, 4.69) is 41.5 Å². The van der Waals surface area contributed by atoms with Crippen LogP contribution < -0.4 is 10.6 Å². The summed E-state index contributed by atoms with van der Waals surface area (Å²) < 4.78 is 54.8. The van der Waals surface area contributed by atoms with Crippen molar-refractivity contribution >= 4 is 77.0 Å². The van der Waals surface area contributed by atoms with Gasteiger partial charge in [-0.25, -0.2) is 21.8 Å². The lowest BCUT2D eigenvalue weighted by atomic mass is 9.83. The Balaban J connectivity index is 0.000000201. The Bertz CT molecular complexity index is 2000. The Morgan fingerprint density at radius 1 is 0.731 bits per heavy atom. The van der Waals surface area contributed by atoms with Gasteiger partial charge in [0.15, 0.2) is 40.1 Å². The number of halogens is 2. The van der Waals surface area contributed by atoms with E-state index in [0.29, 0.717) is 46.6 Å². The lowest BCUT2D eigenvalue weighted by Gasteiger charge is -2.38. The minimum Gasteiger partial charge on any atom is -0.359 e. The molecular formula is C36H42Cl2N4O7S3. The summed E-state index contributed by atoms with van der Waals surface area (Å²) >= 11 is 13.1. The summed E-state index contributed by atoms with van der Waals surface area (Å²) in [4.78, 5) is 31.2. The topological polar surface area (TPSA) is 165 Å². The van der Waals surface area contributed by atoms with Crippen LogP contribution in [0.4, 0.5) is 10.9 Å². The average molecular weight is 810 g/mol. The number of amides is 2. The number of aromatic nitrogens is 2. The highest BCUT2D eigenvalue weighted by Crippen LogP contribution is 2.45. The van der Waals surface area contributed by atoms with Crippen LogP contribution in [0.2, 0.25) is 10.0 Å². The van der Waals surface area contributed by atoms with Crippen LogP contribution in [0, 0.1) is 0 Å². The van der Waals surface area contributed by atoms with Crippen molar-refractivity contribution in [1.82, 2.24) is 10.1 Å². The summed E-state index contributed by atoms with van der Waals surface area (Å²) in [6, 6.07) is 13.4. The Labute approximate surface area is 318 Å². The molecule has 0 spiro atoms. The van der Waals surface area contributed by atoms with E-state index in [1.807, 2.05) is 20.8 Å². The number of carbonyl (C=O) groups is 2. The number of carbonyl (C=O) groups excluding carboxylic acids is 2. The zero-order valence-electron chi connectivity index (χ0n) is 29.7. The van der Waals surface area contributed by atoms with Gasteiger partial charge in [-0.3, -0.25) is 9.59 Å². The molecule has 16 heteroatoms. The predicted octanol–water partition coefficient (Wildman–Crippen LogP) is 8.39. The zero-order chi connectivity index (χ0) is 38.3. The molecule has 6 rings (SSSR count). The van der Waals surface area contributed by atoms with Crippen molar-refractivity contribution in [3.63, 3.8) is 0 Å². The summed E-state index contributed by atoms with van der Waals surface area (Å²) in [5.74, 6) is -0.255. The van der Waals surface area contributed by atoms with Crippen LogP contribution >= 0.6 is 34.5 Å². The van der Waals surface area contributed by atoms with Crippen LogP contribution in [0.1, 0.15) is 90.7 Å². The molecule has 0 bridgehead atoms. The quantitative estimate of drug-likeness (QED) is 0.178. The van der Waals surface area contributed by atoms with E-state index < -0.39 is 41.0 Å². The number of rotatable bonds is 8. The Morgan fingerprint density at radius 3 is 1.52 bits per heavy atom. The normalized spacial score (nSPS) is 16.8. The maximum absolute atomic E-state index is 13.1. The fourth-order valence-electron chi connectivity index (χ4n) is 5.72. The van der Waals surface area contributed by atoms with Crippen LogP contribution in [0.5, 0.6) is 0 Å². The van der Waals surface area contributed by atoms with Gasteiger partial charge in [-0.05, 0) is 92.5 Å². The van der Waals surface area contributed by atoms with Crippen molar-refractivity contribution in [2.45, 2.75) is 110 Å². The monoisotopic (exact) mass is 808 g/mol. The number of hydrogen-bond acceptors (Lipinski definition) is 10. The van der Waals surface area contributed by atoms with Gasteiger partial charge < -0.3 is 15.2 Å². The van der Waals surface area contributed by atoms with Crippen LogP contribution in [-0.4, -0.2) is 48.3 Å². The van der Waals surface area contributed by atoms with Gasteiger partial charge in [-0.2, -0.15) is 0 Å². The van der Waals surface area contributed by atoms with E-state index in [0.717, 1.165) is 4.88 Å². The lowest BCUT2D eigenvalue weighted by Crippen LogP contribution is -2.54. The number of anilines is 2. The van der Waals surface area contributed by atoms with E-state index in [-0.39, 0.29) is 39.3 Å². The zero-order valence-corrected chi connectivity index (χ0v) is 33.7. The van der Waals surface area contributed by atoms with Gasteiger partial charge in [0.05, 0.1) is 9.79 Å². The maximum atomic E-state index is 13.1. The minimum absolute atomic E-state index is 0.0792. The summed E-state index contributed by atoms with van der Waals surface area (Å²) in [5.41, 5.74) is -0.344. The van der Waals surface area contributed by atoms with Gasteiger partial charge in [0, 0.05) is 32.6 Å². The lowest BCUT2D eigenvalue weighted by molar-refractivity contribution is -0.121. The van der Waals surface area contributed by atoms with Crippen molar-refractivity contribution < 1.29 is 30.9 Å². The molecule has 0 unspecified atom stereocenters. The molecule has 52 heavy (non-hydrogen) atoms. The van der Waals surface area contributed by atoms with Gasteiger partial charge in [0.25, 0.3) is 0 Å². The Kier molecular flexibility index (Phi) is 11.1. The maximum Gasteiger partial charge on any atom is 0.248 e. The number of thiazole rings is 1. The van der Waals surface area contributed by atoms with Crippen molar-refractivity contribution in [3.05, 3.63) is 81.5 Å². The van der Waals surface area contributed by atoms with Crippen LogP contribution in [0.25, 0.3) is 0 Å². The third-order valence-corrected chi connectivity index (χ3v) is 16.3. The van der Waals surface area contributed by atoms with E-state index in [1.54, 1.807) is 12.3 Å². The molecule has 2 heterocycles. The molecule has 0 radical (unpaired) electrons. The molecular weight excluding hydrogens is 768 g/mol. The van der Waals surface area contributed by atoms with Gasteiger partial charge in [0.2, 0.25) is 11.8 Å². The second kappa shape index (κ2) is 14.5. The molecule has 2 aromatic heterocycles. The summed E-state index contributed by atoms with van der Waals surface area (Å²) in [6.45, 7) is 12.0. The molecule has 11 nitrogen and oxygen atoms in total. The van der Waals surface area contributed by atoms with Crippen molar-refractivity contribution in [2.75, 3.05) is 10.6 Å². The highest BCUT2D eigenvalue weighted by molar-refractivity contribution is 7.94. The number of nitrogens with one attached hydrogen (secondary N) is 2. The minimum atomic E-state index is -3.85. The molecule has 2 saturated carbocycles. The van der Waals surface area contributed by atoms with Crippen LogP contribution in [0.15, 0.2) is 75.1 Å². The molecule has 280 valence electrons. The number of sulfone groups is 2. The number of benzene rings is 2. The summed E-state index contributed by atoms with van der Waals surface area (Å²) in [7, 11) is -7.67. The predicted molar refractivity (Wildman–Crippen MR) is 204 cm³/mol. The Hall–Kier alpha value is -3.30. The van der Waals surface area contributed by atoms with E-state index in [9.17, 15) is 26.4 Å². The Morgan fingerprint density at radius 2 is 1.17 bits per heavy atom. The molecule has 4 aromatic rings. The van der Waals surface area contributed by atoms with Gasteiger partial charge in [-0.15, -0.1) is 11.3 Å². The molecule has 0 aliphatic heterocycles. The molecule has 2 amide bonds. The molecule has 2 aromatic carbocycles. The molecule has 2 fully saturated rings. The van der Waals surface area contributed by atoms with Gasteiger partial charge in [-0.1, -0.05) is 69.9 Å². The molecule has 2 aliphatic rings. The van der Waals surface area contributed by atoms with Gasteiger partial charge >= 0.3 is 0 Å². The third-order valence-electron chi connectivity index (χ3n) is 9.38. The SMILES string of the molecule is CC(C)(C)c1cc(NC(=O)C2(S(=O)(=O)c3ccc(Cl)cc3)CCC2)no1.CC(C)(C)c1cnc(NC(=O)C2(S(=O)(=O)c3ccc(Cl)cc3)CCC2)s1. The fraction of sp³-hybridized carbons (Fsp3) is 0.444. The van der Waals surface area contributed by atoms with E-state index in [4.69, 9.17) is 27.7 Å². The molecule has 2 aliphatic carbocycles. The van der Waals surface area contributed by atoms with Crippen molar-refractivity contribution in [2.24, 2.45) is 0 Å². The summed E-state index contributed by atoms with van der Waals surface area (Å²) in [5, 5.41) is 10.5. The standard InChI is InChI=1S/C18H21ClN2O4S.C18H21ClN2O3S2/c1-17(2,3)14-11-15(21-25-14)20-16(22)18(9-4-10-18)26(23,24)13-7-5-12(19)6-8-13;1-17(2,3)14-11-20-16(25-14)21-15(22)18(9-4-10-18)26(23,24)13-7-5-12(19)6-8-13/h2*5-8,11H,4,9-10H2,1-3H3,(H,20,21,22). The third kappa shape index (κ3) is 7.68. The fourth-order valence-corrected chi connectivity index (χ4v) is 11.0. The van der Waals surface area contributed by atoms with Crippen LogP contribution in [0.3, 0.4) is 0 Å². The first-order chi connectivity index (χ1) is 24.1. The van der Waals surface area contributed by atoms with Gasteiger partial charge in [0.1, 0.15) is 5.76 Å². The smallest absolute Gasteiger partial charge is 0.248 e. The molecule has 0 saturated heterocycles. The first kappa shape index (κ1) is 39.9. The molecule has 0 atom stereocenters. The average Bonchev–Trinajstić information content (AvgIpc) is 3.67. The van der Waals surface area contributed by atoms with E-state index >= 15 is 0 Å².